The third-order valence-corrected chi connectivity index (χ3v) is 4.28. The van der Waals surface area contributed by atoms with Crippen LogP contribution in [0.1, 0.15) is 32.1 Å². The zero-order valence-electron chi connectivity index (χ0n) is 10.3. The Morgan fingerprint density at radius 1 is 1.38 bits per heavy atom. The first-order valence-corrected chi connectivity index (χ1v) is 6.55. The molecule has 1 N–H and O–H groups in total. The minimum absolute atomic E-state index is 0.00847. The number of nitrogens with zero attached hydrogens (tertiary/aromatic N) is 2. The third-order valence-electron chi connectivity index (χ3n) is 4.28. The van der Waals surface area contributed by atoms with E-state index in [2.05, 4.69) is 23.3 Å². The smallest absolute Gasteiger partial charge is 0.0703 e. The number of hydrogen-bond donors (Lipinski definition) is 1. The Morgan fingerprint density at radius 2 is 2.06 bits per heavy atom. The highest BCUT2D eigenvalue weighted by molar-refractivity contribution is 5.05. The van der Waals surface area contributed by atoms with Gasteiger partial charge in [0.15, 0.2) is 0 Å². The van der Waals surface area contributed by atoms with Crippen LogP contribution < -0.4 is 5.32 Å². The van der Waals surface area contributed by atoms with Crippen LogP contribution in [0, 0.1) is 22.7 Å². The van der Waals surface area contributed by atoms with E-state index in [-0.39, 0.29) is 5.41 Å². The van der Waals surface area contributed by atoms with Crippen molar-refractivity contribution in [2.45, 2.75) is 32.1 Å². The van der Waals surface area contributed by atoms with Crippen LogP contribution in [0.2, 0.25) is 0 Å². The summed E-state index contributed by atoms with van der Waals surface area (Å²) in [5, 5.41) is 12.6. The van der Waals surface area contributed by atoms with E-state index in [1.165, 1.54) is 32.4 Å². The van der Waals surface area contributed by atoms with Crippen molar-refractivity contribution in [1.29, 1.82) is 5.26 Å². The van der Waals surface area contributed by atoms with Crippen molar-refractivity contribution < 1.29 is 0 Å². The molecule has 0 spiro atoms. The molecule has 0 amide bonds. The molecule has 0 atom stereocenters. The topological polar surface area (TPSA) is 39.1 Å². The zero-order valence-corrected chi connectivity index (χ0v) is 10.3. The fourth-order valence-corrected chi connectivity index (χ4v) is 2.71. The molecule has 3 nitrogen and oxygen atoms in total. The number of hydrogen-bond acceptors (Lipinski definition) is 3. The molecule has 1 aliphatic heterocycles. The van der Waals surface area contributed by atoms with Crippen LogP contribution in [0.25, 0.3) is 0 Å². The van der Waals surface area contributed by atoms with E-state index in [1.807, 2.05) is 0 Å². The summed E-state index contributed by atoms with van der Waals surface area (Å²) in [4.78, 5) is 2.40. The fraction of sp³-hybridized carbons (Fsp3) is 0.923. The number of nitriles is 1. The largest absolute Gasteiger partial charge is 0.315 e. The maximum absolute atomic E-state index is 9.11. The quantitative estimate of drug-likeness (QED) is 0.784. The van der Waals surface area contributed by atoms with Crippen molar-refractivity contribution in [2.24, 2.45) is 11.3 Å². The second-order valence-electron chi connectivity index (χ2n) is 5.62. The Balaban J connectivity index is 1.63. The van der Waals surface area contributed by atoms with Gasteiger partial charge in [-0.2, -0.15) is 5.26 Å². The maximum Gasteiger partial charge on any atom is 0.0703 e. The number of likely N-dealkylation sites (tertiary alicyclic amines) is 1. The first kappa shape index (κ1) is 11.9. The molecule has 0 bridgehead atoms. The van der Waals surface area contributed by atoms with E-state index in [4.69, 9.17) is 5.26 Å². The van der Waals surface area contributed by atoms with E-state index < -0.39 is 0 Å². The lowest BCUT2D eigenvalue weighted by Crippen LogP contribution is -2.42. The van der Waals surface area contributed by atoms with Crippen molar-refractivity contribution in [3.63, 3.8) is 0 Å². The van der Waals surface area contributed by atoms with E-state index in [9.17, 15) is 0 Å². The number of nitrogens with one attached hydrogen (secondary N) is 1. The van der Waals surface area contributed by atoms with Gasteiger partial charge in [0.25, 0.3) is 0 Å². The minimum atomic E-state index is -0.00847. The second kappa shape index (κ2) is 5.16. The molecule has 2 aliphatic rings. The van der Waals surface area contributed by atoms with Gasteiger partial charge < -0.3 is 10.2 Å². The summed E-state index contributed by atoms with van der Waals surface area (Å²) in [7, 11) is 2.20. The Labute approximate surface area is 98.8 Å². The number of piperidine rings is 1. The van der Waals surface area contributed by atoms with Crippen molar-refractivity contribution in [1.82, 2.24) is 10.2 Å². The molecule has 0 radical (unpaired) electrons. The third kappa shape index (κ3) is 2.75. The zero-order chi connectivity index (χ0) is 11.4. The van der Waals surface area contributed by atoms with Gasteiger partial charge in [-0.3, -0.25) is 0 Å². The molecule has 2 fully saturated rings. The van der Waals surface area contributed by atoms with Gasteiger partial charge in [0.1, 0.15) is 0 Å². The predicted molar refractivity (Wildman–Crippen MR) is 65.0 cm³/mol. The van der Waals surface area contributed by atoms with Crippen molar-refractivity contribution in [2.75, 3.05) is 33.2 Å². The van der Waals surface area contributed by atoms with Crippen molar-refractivity contribution >= 4 is 0 Å². The lowest BCUT2D eigenvalue weighted by atomic mass is 9.70. The van der Waals surface area contributed by atoms with Crippen LogP contribution in [0.3, 0.4) is 0 Å². The van der Waals surface area contributed by atoms with E-state index >= 15 is 0 Å². The number of rotatable bonds is 4. The Hall–Kier alpha value is -0.590. The van der Waals surface area contributed by atoms with Gasteiger partial charge in [0.2, 0.25) is 0 Å². The van der Waals surface area contributed by atoms with Crippen LogP contribution >= 0.6 is 0 Å². The maximum atomic E-state index is 9.11. The van der Waals surface area contributed by atoms with E-state index in [0.29, 0.717) is 0 Å². The summed E-state index contributed by atoms with van der Waals surface area (Å²) in [6.07, 6.45) is 6.06. The standard InChI is InChI=1S/C13H23N3/c1-16-7-3-12(4-8-16)9-15-11-13(10-14)5-2-6-13/h12,15H,2-9,11H2,1H3. The van der Waals surface area contributed by atoms with Crippen LogP contribution in [0.5, 0.6) is 0 Å². The summed E-state index contributed by atoms with van der Waals surface area (Å²) >= 11 is 0. The fourth-order valence-electron chi connectivity index (χ4n) is 2.71. The Morgan fingerprint density at radius 3 is 2.56 bits per heavy atom. The molecule has 0 aromatic rings. The molecule has 16 heavy (non-hydrogen) atoms. The van der Waals surface area contributed by atoms with Gasteiger partial charge in [-0.25, -0.2) is 0 Å². The van der Waals surface area contributed by atoms with Gasteiger partial charge in [-0.15, -0.1) is 0 Å². The van der Waals surface area contributed by atoms with Gasteiger partial charge in [0.05, 0.1) is 11.5 Å². The predicted octanol–water partition coefficient (Wildman–Crippen LogP) is 1.61. The SMILES string of the molecule is CN1CCC(CNCC2(C#N)CCC2)CC1. The van der Waals surface area contributed by atoms with Crippen molar-refractivity contribution in [3.05, 3.63) is 0 Å². The second-order valence-corrected chi connectivity index (χ2v) is 5.62. The normalized spacial score (nSPS) is 26.0. The first-order chi connectivity index (χ1) is 7.74. The highest BCUT2D eigenvalue weighted by Crippen LogP contribution is 2.39. The molecule has 2 rings (SSSR count). The summed E-state index contributed by atoms with van der Waals surface area (Å²) < 4.78 is 0. The summed E-state index contributed by atoms with van der Waals surface area (Å²) in [5.74, 6) is 0.826. The molecule has 0 unspecified atom stereocenters. The summed E-state index contributed by atoms with van der Waals surface area (Å²) in [5.41, 5.74) is -0.00847. The Kier molecular flexibility index (Phi) is 3.83. The molecule has 1 saturated carbocycles. The van der Waals surface area contributed by atoms with Gasteiger partial charge in [-0.05, 0) is 58.3 Å². The van der Waals surface area contributed by atoms with E-state index in [0.717, 1.165) is 31.8 Å². The Bertz CT molecular complexity index is 257. The average Bonchev–Trinajstić information content (AvgIpc) is 2.25. The van der Waals surface area contributed by atoms with Crippen LogP contribution in [0.15, 0.2) is 0 Å². The molecule has 90 valence electrons. The molecule has 0 aromatic heterocycles. The van der Waals surface area contributed by atoms with E-state index in [1.54, 1.807) is 0 Å². The van der Waals surface area contributed by atoms with Gasteiger partial charge >= 0.3 is 0 Å². The van der Waals surface area contributed by atoms with Crippen molar-refractivity contribution in [3.8, 4) is 6.07 Å². The summed E-state index contributed by atoms with van der Waals surface area (Å²) in [6.45, 7) is 4.48. The van der Waals surface area contributed by atoms with Crippen LogP contribution in [0.4, 0.5) is 0 Å². The highest BCUT2D eigenvalue weighted by atomic mass is 15.1. The monoisotopic (exact) mass is 221 g/mol. The minimum Gasteiger partial charge on any atom is -0.315 e. The average molecular weight is 221 g/mol. The molecule has 0 aromatic carbocycles. The van der Waals surface area contributed by atoms with Gasteiger partial charge in [-0.1, -0.05) is 6.42 Å². The molecular weight excluding hydrogens is 198 g/mol. The first-order valence-electron chi connectivity index (χ1n) is 6.55. The molecular formula is C13H23N3. The lowest BCUT2D eigenvalue weighted by Gasteiger charge is -2.36. The highest BCUT2D eigenvalue weighted by Gasteiger charge is 2.36. The molecule has 1 aliphatic carbocycles. The molecule has 1 saturated heterocycles. The van der Waals surface area contributed by atoms with Crippen LogP contribution in [-0.2, 0) is 0 Å². The molecule has 3 heteroatoms. The van der Waals surface area contributed by atoms with Crippen LogP contribution in [-0.4, -0.2) is 38.1 Å². The lowest BCUT2D eigenvalue weighted by molar-refractivity contribution is 0.185. The molecule has 1 heterocycles. The van der Waals surface area contributed by atoms with Gasteiger partial charge in [0, 0.05) is 6.54 Å². The summed E-state index contributed by atoms with van der Waals surface area (Å²) in [6, 6.07) is 2.49.